The van der Waals surface area contributed by atoms with E-state index in [4.69, 9.17) is 4.42 Å². The smallest absolute Gasteiger partial charge is 0.319 e. The lowest BCUT2D eigenvalue weighted by Gasteiger charge is -2.05. The molecular weight excluding hydrogens is 324 g/mol. The van der Waals surface area contributed by atoms with E-state index in [0.717, 1.165) is 5.56 Å². The molecule has 2 amide bonds. The first kappa shape index (κ1) is 16.2. The van der Waals surface area contributed by atoms with Gasteiger partial charge in [-0.3, -0.25) is 10.1 Å². The van der Waals surface area contributed by atoms with Crippen molar-refractivity contribution in [1.82, 2.24) is 10.3 Å². The molecule has 0 fully saturated rings. The summed E-state index contributed by atoms with van der Waals surface area (Å²) in [5.41, 5.74) is 1.30. The van der Waals surface area contributed by atoms with Gasteiger partial charge in [0, 0.05) is 23.4 Å². The van der Waals surface area contributed by atoms with E-state index in [1.54, 1.807) is 6.20 Å². The second-order valence-electron chi connectivity index (χ2n) is 5.10. The molecule has 0 saturated heterocycles. The van der Waals surface area contributed by atoms with Crippen LogP contribution < -0.4 is 10.6 Å². The zero-order valence-electron chi connectivity index (χ0n) is 13.0. The third kappa shape index (κ3) is 4.20. The second kappa shape index (κ2) is 7.26. The molecule has 3 aromatic rings. The number of nitrogens with zero attached hydrogens (tertiary/aromatic N) is 2. The minimum Gasteiger partial charge on any atom is -0.439 e. The fourth-order valence-corrected chi connectivity index (χ4v) is 2.13. The van der Waals surface area contributed by atoms with Crippen LogP contribution in [0, 0.1) is 10.1 Å². The van der Waals surface area contributed by atoms with Crippen molar-refractivity contribution in [3.8, 4) is 11.3 Å². The molecule has 1 heterocycles. The molecule has 126 valence electrons. The zero-order chi connectivity index (χ0) is 17.6. The number of rotatable bonds is 5. The van der Waals surface area contributed by atoms with Crippen molar-refractivity contribution in [3.63, 3.8) is 0 Å². The van der Waals surface area contributed by atoms with Gasteiger partial charge < -0.3 is 15.1 Å². The van der Waals surface area contributed by atoms with Crippen molar-refractivity contribution in [1.29, 1.82) is 0 Å². The van der Waals surface area contributed by atoms with Gasteiger partial charge in [0.1, 0.15) is 0 Å². The number of aromatic nitrogens is 1. The molecule has 0 aliphatic carbocycles. The molecule has 0 bridgehead atoms. The van der Waals surface area contributed by atoms with Crippen LogP contribution in [0.15, 0.2) is 65.2 Å². The minimum absolute atomic E-state index is 0.0424. The summed E-state index contributed by atoms with van der Waals surface area (Å²) in [4.78, 5) is 26.1. The lowest BCUT2D eigenvalue weighted by atomic mass is 10.2. The number of urea groups is 1. The maximum Gasteiger partial charge on any atom is 0.319 e. The quantitative estimate of drug-likeness (QED) is 0.546. The van der Waals surface area contributed by atoms with Crippen LogP contribution in [0.3, 0.4) is 0 Å². The third-order valence-electron chi connectivity index (χ3n) is 3.35. The highest BCUT2D eigenvalue weighted by molar-refractivity contribution is 5.89. The zero-order valence-corrected chi connectivity index (χ0v) is 13.0. The average Bonchev–Trinajstić information content (AvgIpc) is 3.10. The Morgan fingerprint density at radius 2 is 1.84 bits per heavy atom. The maximum absolute atomic E-state index is 11.9. The van der Waals surface area contributed by atoms with Crippen LogP contribution in [0.5, 0.6) is 0 Å². The van der Waals surface area contributed by atoms with Gasteiger partial charge in [-0.05, 0) is 12.1 Å². The number of nitrogens with one attached hydrogen (secondary N) is 2. The Bertz CT molecular complexity index is 875. The fraction of sp³-hybridized carbons (Fsp3) is 0.0588. The van der Waals surface area contributed by atoms with Gasteiger partial charge in [-0.25, -0.2) is 9.78 Å². The molecule has 3 rings (SSSR count). The lowest BCUT2D eigenvalue weighted by molar-refractivity contribution is -0.384. The van der Waals surface area contributed by atoms with Crippen molar-refractivity contribution in [2.24, 2.45) is 0 Å². The standard InChI is InChI=1S/C17H14N4O4/c22-17(20-13-6-8-14(9-7-13)21(23)24)19-11-16-18-10-15(25-16)12-4-2-1-3-5-12/h1-10H,11H2,(H2,19,20,22). The van der Waals surface area contributed by atoms with Crippen LogP contribution in [0.4, 0.5) is 16.2 Å². The summed E-state index contributed by atoms with van der Waals surface area (Å²) in [6.45, 7) is 0.117. The van der Waals surface area contributed by atoms with E-state index in [1.165, 1.54) is 24.3 Å². The average molecular weight is 338 g/mol. The summed E-state index contributed by atoms with van der Waals surface area (Å²) in [7, 11) is 0. The third-order valence-corrected chi connectivity index (χ3v) is 3.35. The molecular formula is C17H14N4O4. The highest BCUT2D eigenvalue weighted by Gasteiger charge is 2.09. The Morgan fingerprint density at radius 1 is 1.12 bits per heavy atom. The minimum atomic E-state index is -0.503. The van der Waals surface area contributed by atoms with Crippen LogP contribution >= 0.6 is 0 Å². The van der Waals surface area contributed by atoms with Crippen molar-refractivity contribution in [2.45, 2.75) is 6.54 Å². The van der Waals surface area contributed by atoms with E-state index >= 15 is 0 Å². The largest absolute Gasteiger partial charge is 0.439 e. The van der Waals surface area contributed by atoms with Crippen LogP contribution in [-0.4, -0.2) is 15.9 Å². The van der Waals surface area contributed by atoms with E-state index in [9.17, 15) is 14.9 Å². The molecule has 0 unspecified atom stereocenters. The predicted molar refractivity (Wildman–Crippen MR) is 90.9 cm³/mol. The number of carbonyl (C=O) groups is 1. The molecule has 8 nitrogen and oxygen atoms in total. The van der Waals surface area contributed by atoms with E-state index in [1.807, 2.05) is 30.3 Å². The summed E-state index contributed by atoms with van der Waals surface area (Å²) >= 11 is 0. The SMILES string of the molecule is O=C(NCc1ncc(-c2ccccc2)o1)Nc1ccc([N+](=O)[O-])cc1. The van der Waals surface area contributed by atoms with E-state index < -0.39 is 11.0 Å². The summed E-state index contributed by atoms with van der Waals surface area (Å²) in [6, 6.07) is 14.6. The molecule has 0 aliphatic rings. The van der Waals surface area contributed by atoms with E-state index in [2.05, 4.69) is 15.6 Å². The summed E-state index contributed by atoms with van der Waals surface area (Å²) in [5.74, 6) is 0.992. The summed E-state index contributed by atoms with van der Waals surface area (Å²) in [6.07, 6.45) is 1.60. The van der Waals surface area contributed by atoms with Crippen LogP contribution in [-0.2, 0) is 6.54 Å². The Kier molecular flexibility index (Phi) is 4.70. The molecule has 0 spiro atoms. The molecule has 0 saturated carbocycles. The fourth-order valence-electron chi connectivity index (χ4n) is 2.13. The number of nitro benzene ring substituents is 1. The number of anilines is 1. The second-order valence-corrected chi connectivity index (χ2v) is 5.10. The van der Waals surface area contributed by atoms with Gasteiger partial charge in [0.15, 0.2) is 5.76 Å². The molecule has 8 heteroatoms. The van der Waals surface area contributed by atoms with Gasteiger partial charge in [-0.15, -0.1) is 0 Å². The predicted octanol–water partition coefficient (Wildman–Crippen LogP) is 3.57. The van der Waals surface area contributed by atoms with Gasteiger partial charge in [0.2, 0.25) is 5.89 Å². The molecule has 0 radical (unpaired) electrons. The van der Waals surface area contributed by atoms with E-state index in [0.29, 0.717) is 17.3 Å². The molecule has 25 heavy (non-hydrogen) atoms. The first-order chi connectivity index (χ1) is 12.1. The Balaban J connectivity index is 1.54. The van der Waals surface area contributed by atoms with Crippen molar-refractivity contribution in [3.05, 3.63) is 76.8 Å². The molecule has 0 atom stereocenters. The number of carbonyl (C=O) groups excluding carboxylic acids is 1. The monoisotopic (exact) mass is 338 g/mol. The normalized spacial score (nSPS) is 10.2. The van der Waals surface area contributed by atoms with Crippen LogP contribution in [0.2, 0.25) is 0 Å². The van der Waals surface area contributed by atoms with Crippen molar-refractivity contribution < 1.29 is 14.1 Å². The number of nitro groups is 1. The Morgan fingerprint density at radius 3 is 2.52 bits per heavy atom. The topological polar surface area (TPSA) is 110 Å². The highest BCUT2D eigenvalue weighted by Crippen LogP contribution is 2.19. The molecule has 0 aliphatic heterocycles. The summed E-state index contributed by atoms with van der Waals surface area (Å²) in [5, 5.41) is 15.8. The first-order valence-electron chi connectivity index (χ1n) is 7.41. The van der Waals surface area contributed by atoms with Gasteiger partial charge in [-0.1, -0.05) is 30.3 Å². The van der Waals surface area contributed by atoms with Crippen LogP contribution in [0.1, 0.15) is 5.89 Å². The Hall–Kier alpha value is -3.68. The maximum atomic E-state index is 11.9. The number of hydrogen-bond acceptors (Lipinski definition) is 5. The van der Waals surface area contributed by atoms with Gasteiger partial charge in [0.05, 0.1) is 17.7 Å². The first-order valence-corrected chi connectivity index (χ1v) is 7.41. The van der Waals surface area contributed by atoms with Gasteiger partial charge in [-0.2, -0.15) is 0 Å². The molecule has 1 aromatic heterocycles. The Labute approximate surface area is 142 Å². The van der Waals surface area contributed by atoms with Crippen molar-refractivity contribution >= 4 is 17.4 Å². The highest BCUT2D eigenvalue weighted by atomic mass is 16.6. The van der Waals surface area contributed by atoms with Gasteiger partial charge in [0.25, 0.3) is 5.69 Å². The summed E-state index contributed by atoms with van der Waals surface area (Å²) < 4.78 is 5.58. The molecule has 2 N–H and O–H groups in total. The number of oxazole rings is 1. The van der Waals surface area contributed by atoms with E-state index in [-0.39, 0.29) is 12.2 Å². The number of hydrogen-bond donors (Lipinski definition) is 2. The molecule has 2 aromatic carbocycles. The van der Waals surface area contributed by atoms with Crippen molar-refractivity contribution in [2.75, 3.05) is 5.32 Å². The number of amides is 2. The van der Waals surface area contributed by atoms with Crippen LogP contribution in [0.25, 0.3) is 11.3 Å². The van der Waals surface area contributed by atoms with Gasteiger partial charge >= 0.3 is 6.03 Å². The number of non-ortho nitro benzene ring substituents is 1. The lowest BCUT2D eigenvalue weighted by Crippen LogP contribution is -2.28. The number of benzene rings is 2.